The van der Waals surface area contributed by atoms with Crippen molar-refractivity contribution < 1.29 is 9.53 Å². The van der Waals surface area contributed by atoms with Gasteiger partial charge in [0.25, 0.3) is 0 Å². The minimum absolute atomic E-state index is 0.228. The van der Waals surface area contributed by atoms with Crippen LogP contribution in [0.15, 0.2) is 35.5 Å². The molecule has 0 amide bonds. The van der Waals surface area contributed by atoms with E-state index in [0.717, 1.165) is 12.0 Å². The average Bonchev–Trinajstić information content (AvgIpc) is 2.18. The molecule has 1 aliphatic carbocycles. The van der Waals surface area contributed by atoms with Crippen molar-refractivity contribution in [2.45, 2.75) is 27.2 Å². The average molecular weight is 206 g/mol. The predicted octanol–water partition coefficient (Wildman–Crippen LogP) is 3.02. The van der Waals surface area contributed by atoms with Gasteiger partial charge in [0.2, 0.25) is 0 Å². The summed E-state index contributed by atoms with van der Waals surface area (Å²) in [6.45, 7) is 6.00. The van der Waals surface area contributed by atoms with Crippen LogP contribution in [0, 0.1) is 5.92 Å². The van der Waals surface area contributed by atoms with Crippen LogP contribution in [0.2, 0.25) is 0 Å². The molecule has 0 heterocycles. The van der Waals surface area contributed by atoms with Gasteiger partial charge in [0.05, 0.1) is 0 Å². The minimum atomic E-state index is -0.228. The van der Waals surface area contributed by atoms with Crippen LogP contribution < -0.4 is 0 Å². The largest absolute Gasteiger partial charge is 0.461 e. The summed E-state index contributed by atoms with van der Waals surface area (Å²) in [5.41, 5.74) is 2.39. The summed E-state index contributed by atoms with van der Waals surface area (Å²) in [5, 5.41) is 0. The molecule has 1 aliphatic rings. The molecular weight excluding hydrogens is 188 g/mol. The highest BCUT2D eigenvalue weighted by Crippen LogP contribution is 2.21. The van der Waals surface area contributed by atoms with Gasteiger partial charge >= 0.3 is 5.97 Å². The van der Waals surface area contributed by atoms with E-state index in [1.165, 1.54) is 12.5 Å². The molecular formula is C13H18O2. The van der Waals surface area contributed by atoms with Crippen molar-refractivity contribution in [1.29, 1.82) is 0 Å². The first-order valence-corrected chi connectivity index (χ1v) is 5.27. The van der Waals surface area contributed by atoms with Crippen molar-refractivity contribution in [2.75, 3.05) is 6.61 Å². The zero-order valence-corrected chi connectivity index (χ0v) is 9.62. The summed E-state index contributed by atoms with van der Waals surface area (Å²) in [7, 11) is 0. The first-order chi connectivity index (χ1) is 7.09. The Morgan fingerprint density at radius 2 is 2.33 bits per heavy atom. The maximum Gasteiger partial charge on any atom is 0.302 e. The third-order valence-electron chi connectivity index (χ3n) is 2.40. The second-order valence-corrected chi connectivity index (χ2v) is 4.00. The molecule has 15 heavy (non-hydrogen) atoms. The lowest BCUT2D eigenvalue weighted by Gasteiger charge is -2.14. The van der Waals surface area contributed by atoms with E-state index in [2.05, 4.69) is 31.2 Å². The number of allylic oxidation sites excluding steroid dienone is 5. The van der Waals surface area contributed by atoms with Gasteiger partial charge in [0.15, 0.2) is 0 Å². The van der Waals surface area contributed by atoms with Gasteiger partial charge in [-0.3, -0.25) is 4.79 Å². The second-order valence-electron chi connectivity index (χ2n) is 4.00. The Morgan fingerprint density at radius 3 is 2.93 bits per heavy atom. The van der Waals surface area contributed by atoms with E-state index < -0.39 is 0 Å². The third kappa shape index (κ3) is 4.15. The van der Waals surface area contributed by atoms with E-state index in [1.54, 1.807) is 0 Å². The Bertz CT molecular complexity index is 321. The number of hydrogen-bond donors (Lipinski definition) is 0. The van der Waals surface area contributed by atoms with Crippen molar-refractivity contribution >= 4 is 5.97 Å². The summed E-state index contributed by atoms with van der Waals surface area (Å²) in [5.74, 6) is 0.329. The lowest BCUT2D eigenvalue weighted by atomic mass is 9.92. The molecule has 0 fully saturated rings. The Balaban J connectivity index is 2.57. The van der Waals surface area contributed by atoms with Crippen LogP contribution in [0.4, 0.5) is 0 Å². The maximum absolute atomic E-state index is 10.6. The molecule has 1 unspecified atom stereocenters. The summed E-state index contributed by atoms with van der Waals surface area (Å²) >= 11 is 0. The zero-order valence-electron chi connectivity index (χ0n) is 9.62. The number of rotatable bonds is 3. The molecule has 0 N–H and O–H groups in total. The van der Waals surface area contributed by atoms with Crippen molar-refractivity contribution in [1.82, 2.24) is 0 Å². The van der Waals surface area contributed by atoms with Gasteiger partial charge in [0.1, 0.15) is 6.61 Å². The maximum atomic E-state index is 10.6. The highest BCUT2D eigenvalue weighted by molar-refractivity contribution is 5.66. The van der Waals surface area contributed by atoms with Crippen LogP contribution in [0.3, 0.4) is 0 Å². The van der Waals surface area contributed by atoms with Crippen molar-refractivity contribution in [2.24, 2.45) is 5.92 Å². The molecule has 0 spiro atoms. The molecule has 0 saturated carbocycles. The molecule has 0 aromatic heterocycles. The van der Waals surface area contributed by atoms with Gasteiger partial charge in [0, 0.05) is 6.92 Å². The van der Waals surface area contributed by atoms with E-state index in [1.807, 2.05) is 6.92 Å². The quantitative estimate of drug-likeness (QED) is 0.663. The van der Waals surface area contributed by atoms with E-state index in [4.69, 9.17) is 4.74 Å². The number of carbonyl (C=O) groups excluding carboxylic acids is 1. The Kier molecular flexibility index (Phi) is 4.35. The lowest BCUT2D eigenvalue weighted by molar-refractivity contribution is -0.139. The number of ether oxygens (including phenoxy) is 1. The molecule has 0 aliphatic heterocycles. The Labute approximate surface area is 91.3 Å². The van der Waals surface area contributed by atoms with E-state index >= 15 is 0 Å². The first-order valence-electron chi connectivity index (χ1n) is 5.27. The summed E-state index contributed by atoms with van der Waals surface area (Å²) in [6.07, 6.45) is 9.56. The normalized spacial score (nSPS) is 21.1. The fourth-order valence-electron chi connectivity index (χ4n) is 1.49. The van der Waals surface area contributed by atoms with Crippen LogP contribution in [-0.2, 0) is 9.53 Å². The molecule has 2 heteroatoms. The number of hydrogen-bond acceptors (Lipinski definition) is 2. The lowest BCUT2D eigenvalue weighted by Crippen LogP contribution is -2.04. The van der Waals surface area contributed by atoms with Crippen LogP contribution >= 0.6 is 0 Å². The highest BCUT2D eigenvalue weighted by Gasteiger charge is 2.07. The number of esters is 1. The van der Waals surface area contributed by atoms with Gasteiger partial charge in [-0.2, -0.15) is 0 Å². The van der Waals surface area contributed by atoms with E-state index in [9.17, 15) is 4.79 Å². The highest BCUT2D eigenvalue weighted by atomic mass is 16.5. The molecule has 0 radical (unpaired) electrons. The molecule has 1 rings (SSSR count). The minimum Gasteiger partial charge on any atom is -0.461 e. The number of carbonyl (C=O) groups is 1. The third-order valence-corrected chi connectivity index (χ3v) is 2.40. The monoisotopic (exact) mass is 206 g/mol. The summed E-state index contributed by atoms with van der Waals surface area (Å²) in [4.78, 5) is 10.6. The molecule has 1 atom stereocenters. The van der Waals surface area contributed by atoms with Gasteiger partial charge in [-0.15, -0.1) is 0 Å². The van der Waals surface area contributed by atoms with Crippen LogP contribution in [0.5, 0.6) is 0 Å². The van der Waals surface area contributed by atoms with Crippen LogP contribution in [0.1, 0.15) is 27.2 Å². The van der Waals surface area contributed by atoms with Gasteiger partial charge < -0.3 is 4.74 Å². The molecule has 2 nitrogen and oxygen atoms in total. The van der Waals surface area contributed by atoms with Crippen molar-refractivity contribution in [3.8, 4) is 0 Å². The fourth-order valence-corrected chi connectivity index (χ4v) is 1.49. The molecule has 0 aromatic rings. The smallest absolute Gasteiger partial charge is 0.302 e. The Morgan fingerprint density at radius 1 is 1.60 bits per heavy atom. The topological polar surface area (TPSA) is 26.3 Å². The van der Waals surface area contributed by atoms with Crippen LogP contribution in [0.25, 0.3) is 0 Å². The standard InChI is InChI=1S/C13H18O2/c1-10(9-15-12(3)14)8-13-7-5-4-6-11(13)2/h4-5,7-8,11H,6,9H2,1-3H3/b10-8+. The molecule has 0 saturated heterocycles. The molecule has 0 aromatic carbocycles. The first kappa shape index (κ1) is 11.8. The predicted molar refractivity (Wildman–Crippen MR) is 61.4 cm³/mol. The van der Waals surface area contributed by atoms with Crippen LogP contribution in [-0.4, -0.2) is 12.6 Å². The SMILES string of the molecule is CC(=O)OC/C(C)=C/C1=CC=CCC1C. The molecule has 82 valence electrons. The second kappa shape index (κ2) is 5.54. The fraction of sp³-hybridized carbons (Fsp3) is 0.462. The van der Waals surface area contributed by atoms with Crippen molar-refractivity contribution in [3.63, 3.8) is 0 Å². The van der Waals surface area contributed by atoms with E-state index in [-0.39, 0.29) is 5.97 Å². The summed E-state index contributed by atoms with van der Waals surface area (Å²) in [6, 6.07) is 0. The van der Waals surface area contributed by atoms with Crippen molar-refractivity contribution in [3.05, 3.63) is 35.5 Å². The van der Waals surface area contributed by atoms with Gasteiger partial charge in [-0.05, 0) is 30.4 Å². The van der Waals surface area contributed by atoms with Gasteiger partial charge in [-0.25, -0.2) is 0 Å². The molecule has 0 bridgehead atoms. The zero-order chi connectivity index (χ0) is 11.3. The van der Waals surface area contributed by atoms with Gasteiger partial charge in [-0.1, -0.05) is 31.2 Å². The Hall–Kier alpha value is -1.31. The summed E-state index contributed by atoms with van der Waals surface area (Å²) < 4.78 is 4.93. The van der Waals surface area contributed by atoms with E-state index in [0.29, 0.717) is 12.5 Å².